The maximum Gasteiger partial charge on any atom is 0.103 e. The van der Waals surface area contributed by atoms with Crippen molar-refractivity contribution in [2.75, 3.05) is 6.26 Å². The third kappa shape index (κ3) is 2.79. The van der Waals surface area contributed by atoms with E-state index in [2.05, 4.69) is 23.4 Å². The standard InChI is InChI=1S/C13H18N2S/c1-16-12-8-6-11(7-9-12)15-13(14)10-4-2-3-5-10/h6-10H,2-5H2,1H3,(H2,14,15). The van der Waals surface area contributed by atoms with Crippen molar-refractivity contribution in [3.05, 3.63) is 24.3 Å². The summed E-state index contributed by atoms with van der Waals surface area (Å²) >= 11 is 1.74. The Balaban J connectivity index is 2.08. The minimum atomic E-state index is 0.514. The first kappa shape index (κ1) is 11.5. The van der Waals surface area contributed by atoms with E-state index in [0.29, 0.717) is 5.92 Å². The van der Waals surface area contributed by atoms with Crippen LogP contribution in [0.15, 0.2) is 34.2 Å². The van der Waals surface area contributed by atoms with E-state index in [0.717, 1.165) is 11.5 Å². The van der Waals surface area contributed by atoms with Gasteiger partial charge >= 0.3 is 0 Å². The summed E-state index contributed by atoms with van der Waals surface area (Å²) in [6, 6.07) is 8.25. The Morgan fingerprint density at radius 3 is 2.44 bits per heavy atom. The van der Waals surface area contributed by atoms with Crippen molar-refractivity contribution in [3.8, 4) is 0 Å². The van der Waals surface area contributed by atoms with Crippen LogP contribution in [-0.4, -0.2) is 12.1 Å². The average Bonchev–Trinajstić information content (AvgIpc) is 2.83. The highest BCUT2D eigenvalue weighted by Crippen LogP contribution is 2.26. The van der Waals surface area contributed by atoms with Gasteiger partial charge in [0.25, 0.3) is 0 Å². The minimum Gasteiger partial charge on any atom is -0.387 e. The predicted molar refractivity (Wildman–Crippen MR) is 71.5 cm³/mol. The van der Waals surface area contributed by atoms with Crippen LogP contribution in [0.1, 0.15) is 25.7 Å². The van der Waals surface area contributed by atoms with Gasteiger partial charge in [0.2, 0.25) is 0 Å². The first-order valence-corrected chi connectivity index (χ1v) is 7.00. The molecule has 16 heavy (non-hydrogen) atoms. The third-order valence-corrected chi connectivity index (χ3v) is 3.85. The van der Waals surface area contributed by atoms with Crippen molar-refractivity contribution >= 4 is 23.3 Å². The summed E-state index contributed by atoms with van der Waals surface area (Å²) in [5, 5.41) is 0. The fourth-order valence-corrected chi connectivity index (χ4v) is 2.53. The molecule has 86 valence electrons. The fraction of sp³-hybridized carbons (Fsp3) is 0.462. The molecule has 0 aromatic heterocycles. The van der Waals surface area contributed by atoms with Gasteiger partial charge in [0.1, 0.15) is 5.84 Å². The number of benzene rings is 1. The molecule has 1 aromatic carbocycles. The number of nitrogens with two attached hydrogens (primary N) is 1. The average molecular weight is 234 g/mol. The number of thioether (sulfide) groups is 1. The van der Waals surface area contributed by atoms with Gasteiger partial charge in [-0.1, -0.05) is 12.8 Å². The number of aliphatic imine (C=N–C) groups is 1. The van der Waals surface area contributed by atoms with Crippen LogP contribution in [0.2, 0.25) is 0 Å². The first-order valence-electron chi connectivity index (χ1n) is 5.77. The quantitative estimate of drug-likeness (QED) is 0.493. The van der Waals surface area contributed by atoms with Gasteiger partial charge in [-0.15, -0.1) is 11.8 Å². The Labute approximate surface area is 101 Å². The van der Waals surface area contributed by atoms with Gasteiger partial charge in [-0.05, 0) is 43.4 Å². The van der Waals surface area contributed by atoms with Crippen LogP contribution in [-0.2, 0) is 0 Å². The van der Waals surface area contributed by atoms with Crippen LogP contribution < -0.4 is 5.73 Å². The monoisotopic (exact) mass is 234 g/mol. The van der Waals surface area contributed by atoms with Crippen molar-refractivity contribution in [1.82, 2.24) is 0 Å². The van der Waals surface area contributed by atoms with Crippen LogP contribution in [0, 0.1) is 5.92 Å². The van der Waals surface area contributed by atoms with Crippen LogP contribution in [0.25, 0.3) is 0 Å². The minimum absolute atomic E-state index is 0.514. The van der Waals surface area contributed by atoms with Gasteiger partial charge in [0.15, 0.2) is 0 Å². The molecular formula is C13H18N2S. The molecule has 0 saturated heterocycles. The molecule has 0 aliphatic heterocycles. The smallest absolute Gasteiger partial charge is 0.103 e. The fourth-order valence-electron chi connectivity index (χ4n) is 2.12. The molecule has 2 N–H and O–H groups in total. The van der Waals surface area contributed by atoms with E-state index in [1.807, 2.05) is 12.1 Å². The molecule has 2 rings (SSSR count). The second kappa shape index (κ2) is 5.39. The summed E-state index contributed by atoms with van der Waals surface area (Å²) in [5.41, 5.74) is 7.00. The lowest BCUT2D eigenvalue weighted by molar-refractivity contribution is 0.722. The molecular weight excluding hydrogens is 216 g/mol. The van der Waals surface area contributed by atoms with E-state index in [9.17, 15) is 0 Å². The number of nitrogens with zero attached hydrogens (tertiary/aromatic N) is 1. The Bertz CT molecular complexity index is 364. The first-order chi connectivity index (χ1) is 7.79. The Morgan fingerprint density at radius 1 is 1.25 bits per heavy atom. The van der Waals surface area contributed by atoms with Crippen LogP contribution in [0.3, 0.4) is 0 Å². The van der Waals surface area contributed by atoms with Gasteiger partial charge < -0.3 is 5.73 Å². The van der Waals surface area contributed by atoms with Crippen molar-refractivity contribution in [1.29, 1.82) is 0 Å². The molecule has 1 aliphatic carbocycles. The normalized spacial score (nSPS) is 17.9. The molecule has 0 atom stereocenters. The van der Waals surface area contributed by atoms with E-state index in [1.54, 1.807) is 11.8 Å². The molecule has 1 aromatic rings. The lowest BCUT2D eigenvalue weighted by Crippen LogP contribution is -2.20. The van der Waals surface area contributed by atoms with Crippen molar-refractivity contribution in [2.24, 2.45) is 16.6 Å². The van der Waals surface area contributed by atoms with Crippen molar-refractivity contribution < 1.29 is 0 Å². The summed E-state index contributed by atoms with van der Waals surface area (Å²) in [7, 11) is 0. The van der Waals surface area contributed by atoms with Gasteiger partial charge in [0, 0.05) is 10.8 Å². The lowest BCUT2D eigenvalue weighted by Gasteiger charge is -2.07. The van der Waals surface area contributed by atoms with Gasteiger partial charge in [-0.3, -0.25) is 0 Å². The van der Waals surface area contributed by atoms with Crippen molar-refractivity contribution in [3.63, 3.8) is 0 Å². The molecule has 1 fully saturated rings. The summed E-state index contributed by atoms with van der Waals surface area (Å²) in [6.45, 7) is 0. The second-order valence-electron chi connectivity index (χ2n) is 4.22. The summed E-state index contributed by atoms with van der Waals surface area (Å²) in [5.74, 6) is 1.33. The number of rotatable bonds is 3. The molecule has 3 heteroatoms. The highest BCUT2D eigenvalue weighted by atomic mass is 32.2. The molecule has 0 bridgehead atoms. The van der Waals surface area contributed by atoms with E-state index in [4.69, 9.17) is 5.73 Å². The highest BCUT2D eigenvalue weighted by molar-refractivity contribution is 7.98. The molecule has 1 saturated carbocycles. The molecule has 0 spiro atoms. The van der Waals surface area contributed by atoms with Crippen LogP contribution in [0.4, 0.5) is 5.69 Å². The predicted octanol–water partition coefficient (Wildman–Crippen LogP) is 3.59. The zero-order valence-electron chi connectivity index (χ0n) is 9.65. The van der Waals surface area contributed by atoms with Gasteiger partial charge in [0.05, 0.1) is 5.69 Å². The molecule has 0 unspecified atom stereocenters. The molecule has 0 heterocycles. The highest BCUT2D eigenvalue weighted by Gasteiger charge is 2.18. The zero-order chi connectivity index (χ0) is 11.4. The Hall–Kier alpha value is -0.960. The topological polar surface area (TPSA) is 38.4 Å². The molecule has 0 radical (unpaired) electrons. The van der Waals surface area contributed by atoms with E-state index in [1.165, 1.54) is 30.6 Å². The van der Waals surface area contributed by atoms with E-state index in [-0.39, 0.29) is 0 Å². The van der Waals surface area contributed by atoms with E-state index < -0.39 is 0 Å². The van der Waals surface area contributed by atoms with Crippen LogP contribution in [0.5, 0.6) is 0 Å². The van der Waals surface area contributed by atoms with Gasteiger partial charge in [-0.2, -0.15) is 0 Å². The van der Waals surface area contributed by atoms with Crippen LogP contribution >= 0.6 is 11.8 Å². The lowest BCUT2D eigenvalue weighted by atomic mass is 10.1. The van der Waals surface area contributed by atoms with Crippen molar-refractivity contribution in [2.45, 2.75) is 30.6 Å². The third-order valence-electron chi connectivity index (χ3n) is 3.10. The van der Waals surface area contributed by atoms with Gasteiger partial charge in [-0.25, -0.2) is 4.99 Å². The molecule has 2 nitrogen and oxygen atoms in total. The molecule has 1 aliphatic rings. The zero-order valence-corrected chi connectivity index (χ0v) is 10.5. The van der Waals surface area contributed by atoms with E-state index >= 15 is 0 Å². The maximum absolute atomic E-state index is 6.03. The second-order valence-corrected chi connectivity index (χ2v) is 5.10. The summed E-state index contributed by atoms with van der Waals surface area (Å²) in [4.78, 5) is 5.76. The Morgan fingerprint density at radius 2 is 1.88 bits per heavy atom. The largest absolute Gasteiger partial charge is 0.387 e. The number of amidine groups is 1. The SMILES string of the molecule is CSc1ccc(N=C(N)C2CCCC2)cc1. The number of hydrogen-bond acceptors (Lipinski definition) is 2. The number of hydrogen-bond donors (Lipinski definition) is 1. The summed E-state index contributed by atoms with van der Waals surface area (Å²) < 4.78 is 0. The molecule has 0 amide bonds. The maximum atomic E-state index is 6.03. The Kier molecular flexibility index (Phi) is 3.88. The summed E-state index contributed by atoms with van der Waals surface area (Å²) in [6.07, 6.45) is 7.08.